The van der Waals surface area contributed by atoms with Crippen molar-refractivity contribution < 1.29 is 18.7 Å². The first kappa shape index (κ1) is 13.6. The third kappa shape index (κ3) is 2.61. The minimum Gasteiger partial charge on any atom is -0.497 e. The summed E-state index contributed by atoms with van der Waals surface area (Å²) in [6.07, 6.45) is 1.21. The largest absolute Gasteiger partial charge is 0.497 e. The molecule has 1 aliphatic rings. The van der Waals surface area contributed by atoms with Crippen molar-refractivity contribution in [2.24, 2.45) is 0 Å². The molecule has 0 fully saturated rings. The van der Waals surface area contributed by atoms with Gasteiger partial charge in [0, 0.05) is 29.2 Å². The average molecular weight is 286 g/mol. The maximum Gasteiger partial charge on any atom is 0.163 e. The molecule has 108 valence electrons. The minimum atomic E-state index is -0.363. The minimum absolute atomic E-state index is 0.125. The maximum absolute atomic E-state index is 13.9. The molecule has 0 spiro atoms. The van der Waals surface area contributed by atoms with Crippen LogP contribution >= 0.6 is 0 Å². The van der Waals surface area contributed by atoms with Crippen molar-refractivity contribution in [3.8, 4) is 11.5 Å². The Hall–Kier alpha value is -2.36. The van der Waals surface area contributed by atoms with Crippen LogP contribution in [0.5, 0.6) is 11.5 Å². The maximum atomic E-state index is 13.9. The van der Waals surface area contributed by atoms with Crippen LogP contribution in [0.15, 0.2) is 36.4 Å². The van der Waals surface area contributed by atoms with Crippen molar-refractivity contribution in [1.29, 1.82) is 0 Å². The van der Waals surface area contributed by atoms with Gasteiger partial charge in [0.25, 0.3) is 0 Å². The van der Waals surface area contributed by atoms with E-state index in [-0.39, 0.29) is 18.2 Å². The van der Waals surface area contributed by atoms with E-state index in [9.17, 15) is 9.18 Å². The van der Waals surface area contributed by atoms with Gasteiger partial charge in [0.15, 0.2) is 5.78 Å². The number of methoxy groups -OCH3 is 1. The number of carbonyl (C=O) groups is 1. The van der Waals surface area contributed by atoms with Crippen LogP contribution in [0, 0.1) is 5.82 Å². The summed E-state index contributed by atoms with van der Waals surface area (Å²) in [5.74, 6) is 0.917. The van der Waals surface area contributed by atoms with Crippen LogP contribution in [0.4, 0.5) is 4.39 Å². The highest BCUT2D eigenvalue weighted by molar-refractivity contribution is 6.01. The van der Waals surface area contributed by atoms with Crippen LogP contribution in [0.25, 0.3) is 0 Å². The first-order chi connectivity index (χ1) is 10.2. The van der Waals surface area contributed by atoms with Gasteiger partial charge in [-0.2, -0.15) is 0 Å². The summed E-state index contributed by atoms with van der Waals surface area (Å²) in [5.41, 5.74) is 2.11. The number of fused-ring (bicyclic) bond motifs is 1. The van der Waals surface area contributed by atoms with Gasteiger partial charge in [-0.05, 0) is 24.6 Å². The smallest absolute Gasteiger partial charge is 0.163 e. The number of ether oxygens (including phenoxy) is 2. The van der Waals surface area contributed by atoms with E-state index in [2.05, 4.69) is 0 Å². The molecule has 0 aromatic heterocycles. The lowest BCUT2D eigenvalue weighted by atomic mass is 10.1. The zero-order chi connectivity index (χ0) is 14.8. The SMILES string of the molecule is COc1ccc(COc2cccc3c2CCC3=O)c(F)c1. The summed E-state index contributed by atoms with van der Waals surface area (Å²) in [6.45, 7) is 0.125. The number of halogens is 1. The Morgan fingerprint density at radius 1 is 1.19 bits per heavy atom. The van der Waals surface area contributed by atoms with Gasteiger partial charge in [0.1, 0.15) is 23.9 Å². The summed E-state index contributed by atoms with van der Waals surface area (Å²) < 4.78 is 24.5. The first-order valence-corrected chi connectivity index (χ1v) is 6.79. The number of benzene rings is 2. The second-order valence-corrected chi connectivity index (χ2v) is 4.95. The van der Waals surface area contributed by atoms with Crippen LogP contribution in [0.1, 0.15) is 27.9 Å². The van der Waals surface area contributed by atoms with Gasteiger partial charge in [-0.15, -0.1) is 0 Å². The molecule has 3 rings (SSSR count). The highest BCUT2D eigenvalue weighted by Gasteiger charge is 2.22. The standard InChI is InChI=1S/C17H15FO3/c1-20-12-6-5-11(15(18)9-12)10-21-17-4-2-3-13-14(17)7-8-16(13)19/h2-6,9H,7-8,10H2,1H3. The molecule has 0 aliphatic heterocycles. The highest BCUT2D eigenvalue weighted by Crippen LogP contribution is 2.31. The lowest BCUT2D eigenvalue weighted by Crippen LogP contribution is -2.01. The molecule has 2 aromatic carbocycles. The zero-order valence-electron chi connectivity index (χ0n) is 11.7. The molecule has 0 atom stereocenters. The van der Waals surface area contributed by atoms with Gasteiger partial charge in [-0.1, -0.05) is 12.1 Å². The normalized spacial score (nSPS) is 13.1. The summed E-state index contributed by atoms with van der Waals surface area (Å²) in [7, 11) is 1.50. The predicted molar refractivity (Wildman–Crippen MR) is 76.4 cm³/mol. The molecule has 0 saturated heterocycles. The second-order valence-electron chi connectivity index (χ2n) is 4.95. The fourth-order valence-electron chi connectivity index (χ4n) is 2.52. The van der Waals surface area contributed by atoms with E-state index in [1.54, 1.807) is 18.2 Å². The van der Waals surface area contributed by atoms with Crippen LogP contribution in [0.3, 0.4) is 0 Å². The van der Waals surface area contributed by atoms with Crippen LogP contribution in [-0.4, -0.2) is 12.9 Å². The number of hydrogen-bond donors (Lipinski definition) is 0. The van der Waals surface area contributed by atoms with Gasteiger partial charge in [-0.3, -0.25) is 4.79 Å². The first-order valence-electron chi connectivity index (χ1n) is 6.79. The molecule has 0 radical (unpaired) electrons. The summed E-state index contributed by atoms with van der Waals surface area (Å²) >= 11 is 0. The lowest BCUT2D eigenvalue weighted by molar-refractivity contribution is 0.0994. The molecule has 4 heteroatoms. The molecule has 3 nitrogen and oxygen atoms in total. The van der Waals surface area contributed by atoms with Crippen molar-refractivity contribution in [2.75, 3.05) is 7.11 Å². The molecular weight excluding hydrogens is 271 g/mol. The predicted octanol–water partition coefficient (Wildman–Crippen LogP) is 3.54. The Labute approximate surface area is 122 Å². The Morgan fingerprint density at radius 3 is 2.81 bits per heavy atom. The van der Waals surface area contributed by atoms with E-state index in [1.165, 1.54) is 13.2 Å². The Kier molecular flexibility index (Phi) is 3.60. The monoisotopic (exact) mass is 286 g/mol. The third-order valence-electron chi connectivity index (χ3n) is 3.68. The van der Waals surface area contributed by atoms with Crippen LogP contribution in [-0.2, 0) is 13.0 Å². The van der Waals surface area contributed by atoms with Crippen LogP contribution < -0.4 is 9.47 Å². The summed E-state index contributed by atoms with van der Waals surface area (Å²) in [5, 5.41) is 0. The topological polar surface area (TPSA) is 35.5 Å². The quantitative estimate of drug-likeness (QED) is 0.862. The molecule has 2 aromatic rings. The van der Waals surface area contributed by atoms with Gasteiger partial charge < -0.3 is 9.47 Å². The molecule has 0 N–H and O–H groups in total. The molecule has 21 heavy (non-hydrogen) atoms. The number of ketones is 1. The second kappa shape index (κ2) is 5.56. The number of carbonyl (C=O) groups excluding carboxylic acids is 1. The van der Waals surface area contributed by atoms with Gasteiger partial charge in [0.2, 0.25) is 0 Å². The summed E-state index contributed by atoms with van der Waals surface area (Å²) in [6, 6.07) is 10.1. The molecule has 1 aliphatic carbocycles. The average Bonchev–Trinajstić information content (AvgIpc) is 2.88. The molecule has 0 amide bonds. The Morgan fingerprint density at radius 2 is 2.05 bits per heavy atom. The lowest BCUT2D eigenvalue weighted by Gasteiger charge is -2.11. The van der Waals surface area contributed by atoms with E-state index in [0.717, 1.165) is 11.1 Å². The molecule has 0 saturated carbocycles. The van der Waals surface area contributed by atoms with Gasteiger partial charge in [0.05, 0.1) is 7.11 Å². The van der Waals surface area contributed by atoms with Crippen molar-refractivity contribution in [1.82, 2.24) is 0 Å². The van der Waals surface area contributed by atoms with E-state index in [1.807, 2.05) is 12.1 Å². The van der Waals surface area contributed by atoms with E-state index in [4.69, 9.17) is 9.47 Å². The van der Waals surface area contributed by atoms with E-state index < -0.39 is 0 Å². The molecule has 0 unspecified atom stereocenters. The van der Waals surface area contributed by atoms with Gasteiger partial charge >= 0.3 is 0 Å². The van der Waals surface area contributed by atoms with Crippen molar-refractivity contribution in [3.63, 3.8) is 0 Å². The fourth-order valence-corrected chi connectivity index (χ4v) is 2.52. The van der Waals surface area contributed by atoms with Crippen molar-refractivity contribution in [2.45, 2.75) is 19.4 Å². The highest BCUT2D eigenvalue weighted by atomic mass is 19.1. The van der Waals surface area contributed by atoms with E-state index >= 15 is 0 Å². The zero-order valence-corrected chi connectivity index (χ0v) is 11.7. The number of rotatable bonds is 4. The van der Waals surface area contributed by atoms with Crippen LogP contribution in [0.2, 0.25) is 0 Å². The number of hydrogen-bond acceptors (Lipinski definition) is 3. The fraction of sp³-hybridized carbons (Fsp3) is 0.235. The van der Waals surface area contributed by atoms with Gasteiger partial charge in [-0.25, -0.2) is 4.39 Å². The Bertz CT molecular complexity index is 694. The van der Waals surface area contributed by atoms with Crippen molar-refractivity contribution in [3.05, 3.63) is 58.9 Å². The van der Waals surface area contributed by atoms with E-state index in [0.29, 0.717) is 29.9 Å². The Balaban J connectivity index is 1.79. The molecular formula is C17H15FO3. The number of Topliss-reactive ketones (excluding diaryl/α,β-unsaturated/α-hetero) is 1. The molecule has 0 bridgehead atoms. The summed E-state index contributed by atoms with van der Waals surface area (Å²) in [4.78, 5) is 11.7. The third-order valence-corrected chi connectivity index (χ3v) is 3.68. The molecule has 0 heterocycles. The van der Waals surface area contributed by atoms with Crippen molar-refractivity contribution >= 4 is 5.78 Å².